The fourth-order valence-corrected chi connectivity index (χ4v) is 1.84. The molecular weight excluding hydrogens is 270 g/mol. The van der Waals surface area contributed by atoms with Crippen molar-refractivity contribution in [2.45, 2.75) is 6.92 Å². The van der Waals surface area contributed by atoms with Gasteiger partial charge in [0.25, 0.3) is 5.91 Å². The van der Waals surface area contributed by atoms with Gasteiger partial charge in [0.1, 0.15) is 5.69 Å². The van der Waals surface area contributed by atoms with Crippen molar-refractivity contribution in [3.05, 3.63) is 41.7 Å². The summed E-state index contributed by atoms with van der Waals surface area (Å²) in [5, 5.41) is 2.79. The van der Waals surface area contributed by atoms with E-state index in [0.29, 0.717) is 28.6 Å². The molecule has 0 aliphatic rings. The normalized spacial score (nSPS) is 10.0. The van der Waals surface area contributed by atoms with E-state index < -0.39 is 0 Å². The number of amides is 1. The van der Waals surface area contributed by atoms with Crippen LogP contribution in [0.25, 0.3) is 0 Å². The van der Waals surface area contributed by atoms with Gasteiger partial charge in [-0.3, -0.25) is 4.79 Å². The fourth-order valence-electron chi connectivity index (χ4n) is 1.84. The minimum absolute atomic E-state index is 0.290. The van der Waals surface area contributed by atoms with Crippen molar-refractivity contribution in [1.29, 1.82) is 0 Å². The van der Waals surface area contributed by atoms with Gasteiger partial charge in [-0.1, -0.05) is 0 Å². The highest BCUT2D eigenvalue weighted by Gasteiger charge is 2.12. The number of hydrogen-bond donors (Lipinski definition) is 2. The van der Waals surface area contributed by atoms with Gasteiger partial charge in [-0.05, 0) is 30.7 Å². The lowest BCUT2D eigenvalue weighted by Gasteiger charge is -2.13. The molecule has 6 heteroatoms. The van der Waals surface area contributed by atoms with E-state index in [9.17, 15) is 4.79 Å². The van der Waals surface area contributed by atoms with Gasteiger partial charge in [-0.25, -0.2) is 4.98 Å². The first-order chi connectivity index (χ1) is 10.0. The number of nitrogens with one attached hydrogen (secondary N) is 1. The molecule has 0 saturated heterocycles. The second kappa shape index (κ2) is 6.13. The Morgan fingerprint density at radius 1 is 1.19 bits per heavy atom. The molecule has 1 aromatic heterocycles. The zero-order chi connectivity index (χ0) is 15.4. The summed E-state index contributed by atoms with van der Waals surface area (Å²) >= 11 is 0. The number of pyridine rings is 1. The van der Waals surface area contributed by atoms with E-state index in [0.717, 1.165) is 5.56 Å². The Labute approximate surface area is 122 Å². The van der Waals surface area contributed by atoms with Crippen molar-refractivity contribution in [1.82, 2.24) is 4.98 Å². The summed E-state index contributed by atoms with van der Waals surface area (Å²) < 4.78 is 10.4. The summed E-state index contributed by atoms with van der Waals surface area (Å²) in [7, 11) is 3.11. The zero-order valence-electron chi connectivity index (χ0n) is 12.1. The first-order valence-corrected chi connectivity index (χ1v) is 6.30. The first kappa shape index (κ1) is 14.6. The quantitative estimate of drug-likeness (QED) is 0.900. The Morgan fingerprint density at radius 3 is 2.43 bits per heavy atom. The van der Waals surface area contributed by atoms with Crippen LogP contribution in [0.2, 0.25) is 0 Å². The molecule has 0 radical (unpaired) electrons. The Bertz CT molecular complexity index is 654. The molecule has 0 fully saturated rings. The third-order valence-electron chi connectivity index (χ3n) is 3.00. The van der Waals surface area contributed by atoms with E-state index in [4.69, 9.17) is 15.2 Å². The van der Waals surface area contributed by atoms with Crippen LogP contribution in [0.15, 0.2) is 30.5 Å². The van der Waals surface area contributed by atoms with Crippen molar-refractivity contribution in [2.24, 2.45) is 0 Å². The highest BCUT2D eigenvalue weighted by molar-refractivity contribution is 6.03. The highest BCUT2D eigenvalue weighted by atomic mass is 16.5. The van der Waals surface area contributed by atoms with Gasteiger partial charge in [-0.15, -0.1) is 0 Å². The summed E-state index contributed by atoms with van der Waals surface area (Å²) in [6.45, 7) is 1.87. The summed E-state index contributed by atoms with van der Waals surface area (Å²) in [4.78, 5) is 16.1. The standard InChI is InChI=1S/C15H17N3O3/c1-9-6-13(20-2)14(21-3)7-12(9)18-15(19)11-5-4-10(16)8-17-11/h4-8H,16H2,1-3H3,(H,18,19). The number of nitrogens with zero attached hydrogens (tertiary/aromatic N) is 1. The van der Waals surface area contributed by atoms with Crippen molar-refractivity contribution in [3.8, 4) is 11.5 Å². The molecule has 1 amide bonds. The number of rotatable bonds is 4. The monoisotopic (exact) mass is 287 g/mol. The Morgan fingerprint density at radius 2 is 1.86 bits per heavy atom. The molecule has 2 aromatic rings. The lowest BCUT2D eigenvalue weighted by Crippen LogP contribution is -2.14. The number of methoxy groups -OCH3 is 2. The number of aromatic nitrogens is 1. The molecule has 0 atom stereocenters. The number of anilines is 2. The molecule has 6 nitrogen and oxygen atoms in total. The molecule has 0 spiro atoms. The van der Waals surface area contributed by atoms with E-state index >= 15 is 0 Å². The van der Waals surface area contributed by atoms with Crippen LogP contribution in [0.4, 0.5) is 11.4 Å². The molecule has 1 aromatic carbocycles. The molecule has 21 heavy (non-hydrogen) atoms. The van der Waals surface area contributed by atoms with Crippen LogP contribution in [-0.2, 0) is 0 Å². The Hall–Kier alpha value is -2.76. The number of nitrogen functional groups attached to an aromatic ring is 1. The maximum absolute atomic E-state index is 12.1. The number of aryl methyl sites for hydroxylation is 1. The molecule has 0 bridgehead atoms. The average Bonchev–Trinajstić information content (AvgIpc) is 2.49. The number of carbonyl (C=O) groups excluding carboxylic acids is 1. The number of benzene rings is 1. The number of nitrogens with two attached hydrogens (primary N) is 1. The fraction of sp³-hybridized carbons (Fsp3) is 0.200. The van der Waals surface area contributed by atoms with Gasteiger partial charge < -0.3 is 20.5 Å². The van der Waals surface area contributed by atoms with Crippen LogP contribution in [0.3, 0.4) is 0 Å². The molecular formula is C15H17N3O3. The van der Waals surface area contributed by atoms with Gasteiger partial charge in [0.2, 0.25) is 0 Å². The highest BCUT2D eigenvalue weighted by Crippen LogP contribution is 2.33. The first-order valence-electron chi connectivity index (χ1n) is 6.30. The van der Waals surface area contributed by atoms with Crippen LogP contribution >= 0.6 is 0 Å². The number of hydrogen-bond acceptors (Lipinski definition) is 5. The van der Waals surface area contributed by atoms with Crippen molar-refractivity contribution >= 4 is 17.3 Å². The molecule has 3 N–H and O–H groups in total. The summed E-state index contributed by atoms with van der Waals surface area (Å²) in [5.74, 6) is 0.840. The molecule has 0 aliphatic heterocycles. The van der Waals surface area contributed by atoms with Crippen LogP contribution in [-0.4, -0.2) is 25.1 Å². The Balaban J connectivity index is 2.26. The minimum atomic E-state index is -0.315. The van der Waals surface area contributed by atoms with Crippen LogP contribution in [0.1, 0.15) is 16.1 Å². The van der Waals surface area contributed by atoms with E-state index in [1.165, 1.54) is 6.20 Å². The van der Waals surface area contributed by atoms with E-state index in [1.54, 1.807) is 38.5 Å². The zero-order valence-corrected chi connectivity index (χ0v) is 12.1. The molecule has 0 saturated carbocycles. The Kier molecular flexibility index (Phi) is 4.27. The van der Waals surface area contributed by atoms with Gasteiger partial charge in [0, 0.05) is 11.8 Å². The predicted octanol–water partition coefficient (Wildman–Crippen LogP) is 2.24. The topological polar surface area (TPSA) is 86.5 Å². The largest absolute Gasteiger partial charge is 0.493 e. The van der Waals surface area contributed by atoms with Gasteiger partial charge in [-0.2, -0.15) is 0 Å². The number of carbonyl (C=O) groups is 1. The molecule has 1 heterocycles. The van der Waals surface area contributed by atoms with E-state index in [1.807, 2.05) is 6.92 Å². The maximum Gasteiger partial charge on any atom is 0.274 e. The second-order valence-electron chi connectivity index (χ2n) is 4.45. The van der Waals surface area contributed by atoms with Crippen LogP contribution in [0.5, 0.6) is 11.5 Å². The van der Waals surface area contributed by atoms with Gasteiger partial charge >= 0.3 is 0 Å². The molecule has 0 unspecified atom stereocenters. The summed E-state index contributed by atoms with van der Waals surface area (Å²) in [5.41, 5.74) is 7.84. The SMILES string of the molecule is COc1cc(C)c(NC(=O)c2ccc(N)cn2)cc1OC. The number of ether oxygens (including phenoxy) is 2. The molecule has 110 valence electrons. The second-order valence-corrected chi connectivity index (χ2v) is 4.45. The van der Waals surface area contributed by atoms with Crippen molar-refractivity contribution < 1.29 is 14.3 Å². The average molecular weight is 287 g/mol. The third kappa shape index (κ3) is 3.22. The lowest BCUT2D eigenvalue weighted by molar-refractivity contribution is 0.102. The molecule has 2 rings (SSSR count). The summed E-state index contributed by atoms with van der Waals surface area (Å²) in [6, 6.07) is 6.71. The van der Waals surface area contributed by atoms with Gasteiger partial charge in [0.05, 0.1) is 26.1 Å². The van der Waals surface area contributed by atoms with Gasteiger partial charge in [0.15, 0.2) is 11.5 Å². The van der Waals surface area contributed by atoms with Crippen LogP contribution in [0, 0.1) is 6.92 Å². The predicted molar refractivity (Wildman–Crippen MR) is 80.9 cm³/mol. The smallest absolute Gasteiger partial charge is 0.274 e. The minimum Gasteiger partial charge on any atom is -0.493 e. The maximum atomic E-state index is 12.1. The summed E-state index contributed by atoms with van der Waals surface area (Å²) in [6.07, 6.45) is 1.44. The van der Waals surface area contributed by atoms with E-state index in [-0.39, 0.29) is 5.91 Å². The molecule has 0 aliphatic carbocycles. The lowest BCUT2D eigenvalue weighted by atomic mass is 10.1. The van der Waals surface area contributed by atoms with Crippen molar-refractivity contribution in [2.75, 3.05) is 25.3 Å². The third-order valence-corrected chi connectivity index (χ3v) is 3.00. The van der Waals surface area contributed by atoms with Crippen LogP contribution < -0.4 is 20.5 Å². The van der Waals surface area contributed by atoms with E-state index in [2.05, 4.69) is 10.3 Å². The van der Waals surface area contributed by atoms with Crippen molar-refractivity contribution in [3.63, 3.8) is 0 Å².